The summed E-state index contributed by atoms with van der Waals surface area (Å²) in [5.41, 5.74) is 6.25. The third-order valence-electron chi connectivity index (χ3n) is 4.85. The van der Waals surface area contributed by atoms with E-state index in [4.69, 9.17) is 0 Å². The first-order chi connectivity index (χ1) is 10.5. The van der Waals surface area contributed by atoms with Gasteiger partial charge in [0.1, 0.15) is 0 Å². The molecule has 22 heavy (non-hydrogen) atoms. The van der Waals surface area contributed by atoms with E-state index < -0.39 is 0 Å². The zero-order chi connectivity index (χ0) is 16.1. The highest BCUT2D eigenvalue weighted by atomic mass is 14.9. The van der Waals surface area contributed by atoms with E-state index in [0.717, 1.165) is 5.57 Å². The molecule has 0 aromatic heterocycles. The largest absolute Gasteiger partial charge is 0.382 e. The molecule has 1 aliphatic carbocycles. The van der Waals surface area contributed by atoms with Crippen molar-refractivity contribution in [3.05, 3.63) is 47.1 Å². The Bertz CT molecular complexity index is 549. The van der Waals surface area contributed by atoms with Crippen LogP contribution in [0.1, 0.15) is 50.7 Å². The molecule has 1 saturated carbocycles. The Morgan fingerprint density at radius 2 is 1.77 bits per heavy atom. The van der Waals surface area contributed by atoms with Gasteiger partial charge in [0.05, 0.1) is 0 Å². The minimum absolute atomic E-state index is 0.587. The molecule has 0 saturated heterocycles. The molecule has 0 amide bonds. The van der Waals surface area contributed by atoms with Gasteiger partial charge in [0.25, 0.3) is 0 Å². The van der Waals surface area contributed by atoms with Crippen LogP contribution in [0.5, 0.6) is 0 Å². The number of hydrogen-bond donors (Lipinski definition) is 2. The SMILES string of the molecule is C=C(C)/C(C)=C/c1c(C)cccc1NC1CCC(NC)CC1. The molecule has 1 aromatic rings. The molecule has 0 atom stereocenters. The van der Waals surface area contributed by atoms with E-state index in [-0.39, 0.29) is 0 Å². The number of nitrogens with one attached hydrogen (secondary N) is 2. The summed E-state index contributed by atoms with van der Waals surface area (Å²) >= 11 is 0. The molecule has 0 radical (unpaired) electrons. The molecular weight excluding hydrogens is 268 g/mol. The van der Waals surface area contributed by atoms with Gasteiger partial charge in [0.15, 0.2) is 0 Å². The van der Waals surface area contributed by atoms with E-state index >= 15 is 0 Å². The summed E-state index contributed by atoms with van der Waals surface area (Å²) < 4.78 is 0. The minimum atomic E-state index is 0.587. The van der Waals surface area contributed by atoms with Gasteiger partial charge in [0, 0.05) is 23.3 Å². The average molecular weight is 298 g/mol. The summed E-state index contributed by atoms with van der Waals surface area (Å²) in [6.07, 6.45) is 7.26. The summed E-state index contributed by atoms with van der Waals surface area (Å²) in [6.45, 7) is 10.4. The van der Waals surface area contributed by atoms with Crippen LogP contribution in [0.25, 0.3) is 6.08 Å². The van der Waals surface area contributed by atoms with E-state index in [1.165, 1.54) is 48.1 Å². The molecule has 0 heterocycles. The van der Waals surface area contributed by atoms with Crippen LogP contribution in [-0.2, 0) is 0 Å². The number of aryl methyl sites for hydroxylation is 1. The fourth-order valence-electron chi connectivity index (χ4n) is 3.08. The lowest BCUT2D eigenvalue weighted by Crippen LogP contribution is -2.35. The number of rotatable bonds is 5. The highest BCUT2D eigenvalue weighted by Gasteiger charge is 2.20. The monoisotopic (exact) mass is 298 g/mol. The molecule has 2 nitrogen and oxygen atoms in total. The van der Waals surface area contributed by atoms with Crippen molar-refractivity contribution in [3.63, 3.8) is 0 Å². The fraction of sp³-hybridized carbons (Fsp3) is 0.500. The predicted octanol–water partition coefficient (Wildman–Crippen LogP) is 4.92. The first kappa shape index (κ1) is 16.8. The van der Waals surface area contributed by atoms with Gasteiger partial charge in [-0.2, -0.15) is 0 Å². The first-order valence-corrected chi connectivity index (χ1v) is 8.39. The Morgan fingerprint density at radius 1 is 1.14 bits per heavy atom. The lowest BCUT2D eigenvalue weighted by molar-refractivity contribution is 0.371. The van der Waals surface area contributed by atoms with Gasteiger partial charge in [-0.25, -0.2) is 0 Å². The first-order valence-electron chi connectivity index (χ1n) is 8.39. The predicted molar refractivity (Wildman–Crippen MR) is 98.4 cm³/mol. The third-order valence-corrected chi connectivity index (χ3v) is 4.85. The van der Waals surface area contributed by atoms with Gasteiger partial charge in [-0.15, -0.1) is 0 Å². The zero-order valence-electron chi connectivity index (χ0n) is 14.5. The van der Waals surface area contributed by atoms with Gasteiger partial charge in [0.2, 0.25) is 0 Å². The molecule has 0 unspecified atom stereocenters. The Morgan fingerprint density at radius 3 is 2.36 bits per heavy atom. The van der Waals surface area contributed by atoms with E-state index in [9.17, 15) is 0 Å². The number of allylic oxidation sites excluding steroid dienone is 2. The molecule has 1 aromatic carbocycles. The molecular formula is C20H30N2. The van der Waals surface area contributed by atoms with Crippen LogP contribution in [0.3, 0.4) is 0 Å². The topological polar surface area (TPSA) is 24.1 Å². The average Bonchev–Trinajstić information content (AvgIpc) is 2.51. The van der Waals surface area contributed by atoms with Crippen molar-refractivity contribution >= 4 is 11.8 Å². The number of anilines is 1. The van der Waals surface area contributed by atoms with Gasteiger partial charge in [-0.3, -0.25) is 0 Å². The van der Waals surface area contributed by atoms with Crippen molar-refractivity contribution in [3.8, 4) is 0 Å². The van der Waals surface area contributed by atoms with Crippen molar-refractivity contribution < 1.29 is 0 Å². The summed E-state index contributed by atoms with van der Waals surface area (Å²) in [4.78, 5) is 0. The Hall–Kier alpha value is -1.54. The Labute approximate surface area is 135 Å². The second-order valence-electron chi connectivity index (χ2n) is 6.63. The molecule has 0 bridgehead atoms. The van der Waals surface area contributed by atoms with Crippen molar-refractivity contribution in [1.82, 2.24) is 5.32 Å². The van der Waals surface area contributed by atoms with E-state index in [2.05, 4.69) is 69.3 Å². The standard InChI is InChI=1S/C20H30N2/c1-14(2)16(4)13-19-15(3)7-6-8-20(19)22-18-11-9-17(21-5)10-12-18/h6-8,13,17-18,21-22H,1,9-12H2,2-5H3/b16-13+. The zero-order valence-corrected chi connectivity index (χ0v) is 14.5. The van der Waals surface area contributed by atoms with Crippen molar-refractivity contribution in [2.24, 2.45) is 0 Å². The van der Waals surface area contributed by atoms with Gasteiger partial charge >= 0.3 is 0 Å². The van der Waals surface area contributed by atoms with E-state index in [1.807, 2.05) is 0 Å². The van der Waals surface area contributed by atoms with Crippen LogP contribution in [0.2, 0.25) is 0 Å². The van der Waals surface area contributed by atoms with Crippen molar-refractivity contribution in [2.45, 2.75) is 58.5 Å². The van der Waals surface area contributed by atoms with Gasteiger partial charge < -0.3 is 10.6 Å². The van der Waals surface area contributed by atoms with Crippen molar-refractivity contribution in [2.75, 3.05) is 12.4 Å². The summed E-state index contributed by atoms with van der Waals surface area (Å²) in [5, 5.41) is 7.18. The normalized spacial score (nSPS) is 22.5. The van der Waals surface area contributed by atoms with Gasteiger partial charge in [-0.1, -0.05) is 24.3 Å². The lowest BCUT2D eigenvalue weighted by Gasteiger charge is -2.30. The second-order valence-corrected chi connectivity index (χ2v) is 6.63. The molecule has 120 valence electrons. The number of benzene rings is 1. The molecule has 2 N–H and O–H groups in total. The summed E-state index contributed by atoms with van der Waals surface area (Å²) in [6, 6.07) is 7.81. The van der Waals surface area contributed by atoms with E-state index in [1.54, 1.807) is 0 Å². The fourth-order valence-corrected chi connectivity index (χ4v) is 3.08. The van der Waals surface area contributed by atoms with Crippen LogP contribution in [0.4, 0.5) is 5.69 Å². The van der Waals surface area contributed by atoms with Crippen LogP contribution < -0.4 is 10.6 Å². The van der Waals surface area contributed by atoms with Gasteiger partial charge in [-0.05, 0) is 76.8 Å². The van der Waals surface area contributed by atoms with Crippen molar-refractivity contribution in [1.29, 1.82) is 0 Å². The molecule has 1 fully saturated rings. The second kappa shape index (κ2) is 7.64. The maximum Gasteiger partial charge on any atom is 0.0418 e. The van der Waals surface area contributed by atoms with E-state index in [0.29, 0.717) is 12.1 Å². The Kier molecular flexibility index (Phi) is 5.84. The summed E-state index contributed by atoms with van der Waals surface area (Å²) in [5.74, 6) is 0. The molecule has 2 heteroatoms. The highest BCUT2D eigenvalue weighted by molar-refractivity contribution is 5.72. The third kappa shape index (κ3) is 4.23. The highest BCUT2D eigenvalue weighted by Crippen LogP contribution is 2.28. The molecule has 2 rings (SSSR count). The molecule has 0 aliphatic heterocycles. The van der Waals surface area contributed by atoms with Crippen LogP contribution >= 0.6 is 0 Å². The maximum absolute atomic E-state index is 4.05. The smallest absolute Gasteiger partial charge is 0.0418 e. The van der Waals surface area contributed by atoms with Crippen LogP contribution in [-0.4, -0.2) is 19.1 Å². The lowest BCUT2D eigenvalue weighted by atomic mass is 9.90. The Balaban J connectivity index is 2.16. The molecule has 0 spiro atoms. The maximum atomic E-state index is 4.05. The minimum Gasteiger partial charge on any atom is -0.382 e. The summed E-state index contributed by atoms with van der Waals surface area (Å²) in [7, 11) is 2.07. The van der Waals surface area contributed by atoms with Crippen LogP contribution in [0.15, 0.2) is 35.9 Å². The van der Waals surface area contributed by atoms with Crippen LogP contribution in [0, 0.1) is 6.92 Å². The molecule has 1 aliphatic rings. The quantitative estimate of drug-likeness (QED) is 0.754. The number of hydrogen-bond acceptors (Lipinski definition) is 2.